The Hall–Kier alpha value is -2.10. The van der Waals surface area contributed by atoms with Gasteiger partial charge in [-0.3, -0.25) is 14.5 Å². The summed E-state index contributed by atoms with van der Waals surface area (Å²) in [6, 6.07) is 7.51. The van der Waals surface area contributed by atoms with Crippen molar-refractivity contribution < 1.29 is 9.59 Å². The highest BCUT2D eigenvalue weighted by molar-refractivity contribution is 7.99. The van der Waals surface area contributed by atoms with Crippen molar-refractivity contribution >= 4 is 35.2 Å². The summed E-state index contributed by atoms with van der Waals surface area (Å²) in [5.41, 5.74) is 0.661. The summed E-state index contributed by atoms with van der Waals surface area (Å²) in [5, 5.41) is 13.0. The third-order valence-electron chi connectivity index (χ3n) is 5.05. The summed E-state index contributed by atoms with van der Waals surface area (Å²) < 4.78 is 2.00. The number of piperazine rings is 1. The van der Waals surface area contributed by atoms with Crippen molar-refractivity contribution in [2.45, 2.75) is 44.9 Å². The quantitative estimate of drug-likeness (QED) is 0.616. The van der Waals surface area contributed by atoms with E-state index in [9.17, 15) is 9.59 Å². The highest BCUT2D eigenvalue weighted by Crippen LogP contribution is 2.26. The van der Waals surface area contributed by atoms with Gasteiger partial charge in [0, 0.05) is 48.8 Å². The number of carbonyl (C=O) groups is 2. The van der Waals surface area contributed by atoms with Crippen molar-refractivity contribution in [2.75, 3.05) is 38.5 Å². The van der Waals surface area contributed by atoms with Crippen molar-refractivity contribution in [3.63, 3.8) is 0 Å². The molecule has 1 saturated heterocycles. The molecule has 32 heavy (non-hydrogen) atoms. The second kappa shape index (κ2) is 10.7. The zero-order valence-corrected chi connectivity index (χ0v) is 20.7. The van der Waals surface area contributed by atoms with E-state index in [1.807, 2.05) is 61.4 Å². The Kier molecular flexibility index (Phi) is 8.19. The maximum absolute atomic E-state index is 12.7. The van der Waals surface area contributed by atoms with Gasteiger partial charge >= 0.3 is 0 Å². The molecule has 1 aliphatic rings. The molecule has 1 aromatic carbocycles. The van der Waals surface area contributed by atoms with E-state index >= 15 is 0 Å². The topological polar surface area (TPSA) is 83.4 Å². The number of rotatable bonds is 7. The SMILES string of the molecule is CCn1c(SCC(=O)N2CCN(CC(=O)NC(C)(C)C)CC2)nnc1-c1cccc(Cl)c1. The molecule has 174 valence electrons. The van der Waals surface area contributed by atoms with Crippen LogP contribution >= 0.6 is 23.4 Å². The first-order valence-electron chi connectivity index (χ1n) is 10.8. The van der Waals surface area contributed by atoms with E-state index < -0.39 is 0 Å². The molecule has 1 fully saturated rings. The molecule has 1 aromatic heterocycles. The van der Waals surface area contributed by atoms with Crippen molar-refractivity contribution in [2.24, 2.45) is 0 Å². The van der Waals surface area contributed by atoms with Crippen LogP contribution in [0.4, 0.5) is 0 Å². The molecule has 2 aromatic rings. The maximum atomic E-state index is 12.7. The van der Waals surface area contributed by atoms with Crippen molar-refractivity contribution in [3.8, 4) is 11.4 Å². The molecule has 0 radical (unpaired) electrons. The van der Waals surface area contributed by atoms with Crippen LogP contribution in [0.1, 0.15) is 27.7 Å². The van der Waals surface area contributed by atoms with Gasteiger partial charge in [-0.2, -0.15) is 0 Å². The fourth-order valence-corrected chi connectivity index (χ4v) is 4.65. The lowest BCUT2D eigenvalue weighted by Crippen LogP contribution is -2.53. The molecule has 3 rings (SSSR count). The van der Waals surface area contributed by atoms with Crippen molar-refractivity contribution in [3.05, 3.63) is 29.3 Å². The number of nitrogens with one attached hydrogen (secondary N) is 1. The van der Waals surface area contributed by atoms with Crippen LogP contribution in [0.5, 0.6) is 0 Å². The summed E-state index contributed by atoms with van der Waals surface area (Å²) in [4.78, 5) is 28.8. The second-order valence-electron chi connectivity index (χ2n) is 8.80. The second-order valence-corrected chi connectivity index (χ2v) is 10.2. The van der Waals surface area contributed by atoms with Crippen LogP contribution in [-0.4, -0.2) is 80.4 Å². The normalized spacial score (nSPS) is 15.1. The molecule has 0 unspecified atom stereocenters. The lowest BCUT2D eigenvalue weighted by atomic mass is 10.1. The highest BCUT2D eigenvalue weighted by Gasteiger charge is 2.24. The zero-order valence-electron chi connectivity index (χ0n) is 19.1. The molecule has 8 nitrogen and oxygen atoms in total. The van der Waals surface area contributed by atoms with Crippen molar-refractivity contribution in [1.82, 2.24) is 29.9 Å². The molecule has 2 heterocycles. The summed E-state index contributed by atoms with van der Waals surface area (Å²) in [5.74, 6) is 1.14. The molecule has 0 atom stereocenters. The third-order valence-corrected chi connectivity index (χ3v) is 6.23. The van der Waals surface area contributed by atoms with Crippen LogP contribution in [-0.2, 0) is 16.1 Å². The monoisotopic (exact) mass is 478 g/mol. The molecule has 0 saturated carbocycles. The van der Waals surface area contributed by atoms with Gasteiger partial charge < -0.3 is 14.8 Å². The van der Waals surface area contributed by atoms with Gasteiger partial charge in [0.15, 0.2) is 11.0 Å². The number of nitrogens with zero attached hydrogens (tertiary/aromatic N) is 5. The average molecular weight is 479 g/mol. The molecule has 0 bridgehead atoms. The highest BCUT2D eigenvalue weighted by atomic mass is 35.5. The number of hydrogen-bond acceptors (Lipinski definition) is 6. The number of aromatic nitrogens is 3. The predicted octanol–water partition coefficient (Wildman–Crippen LogP) is 2.77. The Morgan fingerprint density at radius 3 is 2.50 bits per heavy atom. The Morgan fingerprint density at radius 2 is 1.88 bits per heavy atom. The van der Waals surface area contributed by atoms with Gasteiger partial charge in [-0.05, 0) is 39.8 Å². The molecular formula is C22H31ClN6O2S. The minimum atomic E-state index is -0.238. The number of benzene rings is 1. The summed E-state index contributed by atoms with van der Waals surface area (Å²) >= 11 is 7.51. The van der Waals surface area contributed by atoms with Gasteiger partial charge in [0.05, 0.1) is 12.3 Å². The molecule has 2 amide bonds. The Labute approximate surface area is 198 Å². The standard InChI is InChI=1S/C22H31ClN6O2S/c1-5-29-20(16-7-6-8-17(23)13-16)25-26-21(29)32-15-19(31)28-11-9-27(10-12-28)14-18(30)24-22(2,3)4/h6-8,13H,5,9-12,14-15H2,1-4H3,(H,24,30). The smallest absolute Gasteiger partial charge is 0.234 e. The zero-order chi connectivity index (χ0) is 23.3. The van der Waals surface area contributed by atoms with Gasteiger partial charge in [-0.1, -0.05) is 35.5 Å². The average Bonchev–Trinajstić information content (AvgIpc) is 3.14. The molecule has 0 spiro atoms. The van der Waals surface area contributed by atoms with Crippen LogP contribution in [0.2, 0.25) is 5.02 Å². The van der Waals surface area contributed by atoms with E-state index in [2.05, 4.69) is 20.4 Å². The number of amides is 2. The summed E-state index contributed by atoms with van der Waals surface area (Å²) in [6.45, 7) is 11.6. The van der Waals surface area contributed by atoms with Crippen LogP contribution in [0, 0.1) is 0 Å². The number of thioether (sulfide) groups is 1. The molecule has 10 heteroatoms. The van der Waals surface area contributed by atoms with Crippen LogP contribution in [0.3, 0.4) is 0 Å². The third kappa shape index (κ3) is 6.70. The fraction of sp³-hybridized carbons (Fsp3) is 0.545. The van der Waals surface area contributed by atoms with Gasteiger partial charge in [0.2, 0.25) is 11.8 Å². The predicted molar refractivity (Wildman–Crippen MR) is 128 cm³/mol. The van der Waals surface area contributed by atoms with Gasteiger partial charge in [0.25, 0.3) is 0 Å². The molecule has 1 aliphatic heterocycles. The lowest BCUT2D eigenvalue weighted by Gasteiger charge is -2.34. The summed E-state index contributed by atoms with van der Waals surface area (Å²) in [7, 11) is 0. The fourth-order valence-electron chi connectivity index (χ4n) is 3.56. The number of hydrogen-bond donors (Lipinski definition) is 1. The molecule has 0 aliphatic carbocycles. The molecular weight excluding hydrogens is 448 g/mol. The van der Waals surface area contributed by atoms with E-state index in [1.165, 1.54) is 11.8 Å². The van der Waals surface area contributed by atoms with E-state index in [0.29, 0.717) is 55.2 Å². The Bertz CT molecular complexity index is 950. The van der Waals surface area contributed by atoms with E-state index in [1.54, 1.807) is 0 Å². The largest absolute Gasteiger partial charge is 0.350 e. The first-order valence-corrected chi connectivity index (χ1v) is 12.2. The van der Waals surface area contributed by atoms with Crippen LogP contribution in [0.25, 0.3) is 11.4 Å². The number of carbonyl (C=O) groups excluding carboxylic acids is 2. The van der Waals surface area contributed by atoms with Crippen LogP contribution < -0.4 is 5.32 Å². The molecule has 1 N–H and O–H groups in total. The van der Waals surface area contributed by atoms with Gasteiger partial charge in [0.1, 0.15) is 0 Å². The lowest BCUT2D eigenvalue weighted by molar-refractivity contribution is -0.130. The Balaban J connectivity index is 1.51. The Morgan fingerprint density at radius 1 is 1.16 bits per heavy atom. The number of halogens is 1. The summed E-state index contributed by atoms with van der Waals surface area (Å²) in [6.07, 6.45) is 0. The van der Waals surface area contributed by atoms with Gasteiger partial charge in [-0.15, -0.1) is 10.2 Å². The van der Waals surface area contributed by atoms with Crippen LogP contribution in [0.15, 0.2) is 29.4 Å². The first-order chi connectivity index (χ1) is 15.2. The maximum Gasteiger partial charge on any atom is 0.234 e. The van der Waals surface area contributed by atoms with Crippen molar-refractivity contribution in [1.29, 1.82) is 0 Å². The minimum Gasteiger partial charge on any atom is -0.350 e. The van der Waals surface area contributed by atoms with E-state index in [4.69, 9.17) is 11.6 Å². The first kappa shape index (κ1) is 24.5. The van der Waals surface area contributed by atoms with E-state index in [0.717, 1.165) is 11.4 Å². The minimum absolute atomic E-state index is 0.0160. The van der Waals surface area contributed by atoms with E-state index in [-0.39, 0.29) is 17.4 Å². The van der Waals surface area contributed by atoms with Gasteiger partial charge in [-0.25, -0.2) is 0 Å².